The summed E-state index contributed by atoms with van der Waals surface area (Å²) in [6, 6.07) is 14.1. The number of sulfonamides is 1. The summed E-state index contributed by atoms with van der Waals surface area (Å²) in [4.78, 5) is 6.40. The summed E-state index contributed by atoms with van der Waals surface area (Å²) in [5.74, 6) is 1.09. The van der Waals surface area contributed by atoms with Crippen molar-refractivity contribution in [1.29, 1.82) is 0 Å². The lowest BCUT2D eigenvalue weighted by Gasteiger charge is -2.26. The summed E-state index contributed by atoms with van der Waals surface area (Å²) in [7, 11) is -1.97. The molecule has 2 aromatic heterocycles. The fourth-order valence-electron chi connectivity index (χ4n) is 3.50. The first-order valence-electron chi connectivity index (χ1n) is 9.07. The number of nitrogens with zero attached hydrogens (tertiary/aromatic N) is 2. The van der Waals surface area contributed by atoms with Gasteiger partial charge in [0.15, 0.2) is 5.11 Å². The standard InChI is InChI=1S/C20H20N4O4S2/c1-27-17-12-13(8-9-14(17)23-30(2,25)26)24-19(16-7-5-11-28-16)18(22-20(24)29)15-6-3-4-10-21-15/h3-12,18-19,23H,1-2H3,(H,22,29)/t18-,19+/m0/s1. The molecule has 1 aromatic carbocycles. The first kappa shape index (κ1) is 20.2. The van der Waals surface area contributed by atoms with Gasteiger partial charge in [-0.3, -0.25) is 9.71 Å². The second kappa shape index (κ2) is 7.96. The Labute approximate surface area is 179 Å². The molecule has 0 spiro atoms. The van der Waals surface area contributed by atoms with Crippen LogP contribution in [0, 0.1) is 0 Å². The number of benzene rings is 1. The number of hydrogen-bond acceptors (Lipinski definition) is 6. The zero-order valence-electron chi connectivity index (χ0n) is 16.3. The van der Waals surface area contributed by atoms with Crippen LogP contribution in [0.4, 0.5) is 11.4 Å². The second-order valence-electron chi connectivity index (χ2n) is 6.77. The van der Waals surface area contributed by atoms with Gasteiger partial charge in [0.2, 0.25) is 10.0 Å². The molecule has 3 heterocycles. The number of aromatic nitrogens is 1. The van der Waals surface area contributed by atoms with E-state index in [9.17, 15) is 8.42 Å². The van der Waals surface area contributed by atoms with Gasteiger partial charge in [0.25, 0.3) is 0 Å². The van der Waals surface area contributed by atoms with Crippen molar-refractivity contribution in [2.45, 2.75) is 12.1 Å². The lowest BCUT2D eigenvalue weighted by atomic mass is 10.0. The molecule has 2 N–H and O–H groups in total. The zero-order chi connectivity index (χ0) is 21.3. The maximum Gasteiger partial charge on any atom is 0.229 e. The third-order valence-corrected chi connectivity index (χ3v) is 5.60. The number of hydrogen-bond donors (Lipinski definition) is 2. The molecule has 10 heteroatoms. The van der Waals surface area contributed by atoms with Crippen LogP contribution in [0.1, 0.15) is 23.5 Å². The summed E-state index contributed by atoms with van der Waals surface area (Å²) in [5.41, 5.74) is 1.90. The van der Waals surface area contributed by atoms with Crippen LogP contribution in [0.15, 0.2) is 65.4 Å². The Balaban J connectivity index is 1.78. The molecule has 156 valence electrons. The average Bonchev–Trinajstić information content (AvgIpc) is 3.35. The van der Waals surface area contributed by atoms with E-state index < -0.39 is 10.0 Å². The van der Waals surface area contributed by atoms with Gasteiger partial charge >= 0.3 is 0 Å². The molecule has 0 aliphatic carbocycles. The predicted octanol–water partition coefficient (Wildman–Crippen LogP) is 3.23. The molecule has 1 aliphatic rings. The Hall–Kier alpha value is -3.11. The number of ether oxygens (including phenoxy) is 1. The number of rotatable bonds is 6. The van der Waals surface area contributed by atoms with E-state index in [1.54, 1.807) is 30.7 Å². The van der Waals surface area contributed by atoms with Gasteiger partial charge in [-0.05, 0) is 48.6 Å². The van der Waals surface area contributed by atoms with E-state index in [2.05, 4.69) is 15.0 Å². The minimum atomic E-state index is -3.45. The normalized spacial score (nSPS) is 18.9. The fourth-order valence-corrected chi connectivity index (χ4v) is 4.41. The van der Waals surface area contributed by atoms with Crippen molar-refractivity contribution in [3.8, 4) is 5.75 Å². The fraction of sp³-hybridized carbons (Fsp3) is 0.200. The maximum atomic E-state index is 11.6. The van der Waals surface area contributed by atoms with Gasteiger partial charge in [-0.25, -0.2) is 8.42 Å². The van der Waals surface area contributed by atoms with E-state index in [-0.39, 0.29) is 12.1 Å². The molecule has 1 aliphatic heterocycles. The van der Waals surface area contributed by atoms with E-state index >= 15 is 0 Å². The van der Waals surface area contributed by atoms with Crippen molar-refractivity contribution in [3.63, 3.8) is 0 Å². The summed E-state index contributed by atoms with van der Waals surface area (Å²) in [5, 5.41) is 3.83. The van der Waals surface area contributed by atoms with Gasteiger partial charge in [0.05, 0.1) is 37.1 Å². The SMILES string of the molecule is COc1cc(N2C(=S)N[C@@H](c3ccccn3)[C@H]2c2ccco2)ccc1NS(C)(=O)=O. The summed E-state index contributed by atoms with van der Waals surface area (Å²) in [6.07, 6.45) is 4.44. The van der Waals surface area contributed by atoms with Gasteiger partial charge in [0.1, 0.15) is 17.6 Å². The molecule has 0 radical (unpaired) electrons. The van der Waals surface area contributed by atoms with Crippen LogP contribution >= 0.6 is 12.2 Å². The number of anilines is 2. The van der Waals surface area contributed by atoms with Crippen molar-refractivity contribution in [2.24, 2.45) is 0 Å². The van der Waals surface area contributed by atoms with Crippen LogP contribution in [0.25, 0.3) is 0 Å². The predicted molar refractivity (Wildman–Crippen MR) is 118 cm³/mol. The topological polar surface area (TPSA) is 96.7 Å². The van der Waals surface area contributed by atoms with Crippen molar-refractivity contribution in [1.82, 2.24) is 10.3 Å². The molecule has 0 unspecified atom stereocenters. The quantitative estimate of drug-likeness (QED) is 0.560. The van der Waals surface area contributed by atoms with Crippen LogP contribution in [0.3, 0.4) is 0 Å². The first-order chi connectivity index (χ1) is 14.4. The van der Waals surface area contributed by atoms with Crippen LogP contribution < -0.4 is 19.7 Å². The average molecular weight is 445 g/mol. The Bertz CT molecular complexity index is 1150. The molecule has 0 amide bonds. The Morgan fingerprint density at radius 1 is 1.23 bits per heavy atom. The first-order valence-corrected chi connectivity index (χ1v) is 11.4. The molecular formula is C20H20N4O4S2. The zero-order valence-corrected chi connectivity index (χ0v) is 17.9. The van der Waals surface area contributed by atoms with Crippen LogP contribution in [0.2, 0.25) is 0 Å². The van der Waals surface area contributed by atoms with Crippen LogP contribution in [-0.2, 0) is 10.0 Å². The summed E-state index contributed by atoms with van der Waals surface area (Å²) in [6.45, 7) is 0. The number of nitrogens with one attached hydrogen (secondary N) is 2. The van der Waals surface area contributed by atoms with Crippen molar-refractivity contribution >= 4 is 38.7 Å². The highest BCUT2D eigenvalue weighted by molar-refractivity contribution is 7.92. The van der Waals surface area contributed by atoms with Gasteiger partial charge in [-0.15, -0.1) is 0 Å². The smallest absolute Gasteiger partial charge is 0.229 e. The summed E-state index contributed by atoms with van der Waals surface area (Å²) < 4.78 is 36.9. The highest BCUT2D eigenvalue weighted by Gasteiger charge is 2.42. The van der Waals surface area contributed by atoms with Gasteiger partial charge in [-0.2, -0.15) is 0 Å². The lowest BCUT2D eigenvalue weighted by Crippen LogP contribution is -2.29. The molecule has 3 aromatic rings. The van der Waals surface area contributed by atoms with Crippen LogP contribution in [0.5, 0.6) is 5.75 Å². The van der Waals surface area contributed by atoms with E-state index in [1.165, 1.54) is 7.11 Å². The van der Waals surface area contributed by atoms with Gasteiger partial charge in [0, 0.05) is 18.0 Å². The van der Waals surface area contributed by atoms with E-state index in [1.807, 2.05) is 35.2 Å². The Morgan fingerprint density at radius 3 is 2.70 bits per heavy atom. The minimum absolute atomic E-state index is 0.232. The van der Waals surface area contributed by atoms with E-state index in [0.717, 1.165) is 23.4 Å². The number of pyridine rings is 1. The van der Waals surface area contributed by atoms with Crippen molar-refractivity contribution in [2.75, 3.05) is 23.0 Å². The van der Waals surface area contributed by atoms with Gasteiger partial charge in [-0.1, -0.05) is 6.07 Å². The molecule has 8 nitrogen and oxygen atoms in total. The number of methoxy groups -OCH3 is 1. The van der Waals surface area contributed by atoms with Crippen molar-refractivity contribution in [3.05, 3.63) is 72.4 Å². The minimum Gasteiger partial charge on any atom is -0.494 e. The highest BCUT2D eigenvalue weighted by atomic mass is 32.2. The Morgan fingerprint density at radius 2 is 2.07 bits per heavy atom. The third-order valence-electron chi connectivity index (χ3n) is 4.69. The summed E-state index contributed by atoms with van der Waals surface area (Å²) >= 11 is 5.64. The molecular weight excluding hydrogens is 424 g/mol. The number of thiocarbonyl (C=S) groups is 1. The molecule has 2 atom stereocenters. The highest BCUT2D eigenvalue weighted by Crippen LogP contribution is 2.43. The molecule has 1 saturated heterocycles. The lowest BCUT2D eigenvalue weighted by molar-refractivity contribution is 0.415. The third kappa shape index (κ3) is 3.96. The second-order valence-corrected chi connectivity index (χ2v) is 8.91. The van der Waals surface area contributed by atoms with Crippen molar-refractivity contribution < 1.29 is 17.6 Å². The van der Waals surface area contributed by atoms with E-state index in [0.29, 0.717) is 16.5 Å². The Kier molecular flexibility index (Phi) is 5.35. The molecule has 0 bridgehead atoms. The molecule has 0 saturated carbocycles. The maximum absolute atomic E-state index is 11.6. The monoisotopic (exact) mass is 444 g/mol. The van der Waals surface area contributed by atoms with Crippen LogP contribution in [-0.4, -0.2) is 31.9 Å². The largest absolute Gasteiger partial charge is 0.494 e. The molecule has 1 fully saturated rings. The molecule has 30 heavy (non-hydrogen) atoms. The molecule has 4 rings (SSSR count). The van der Waals surface area contributed by atoms with Gasteiger partial charge < -0.3 is 19.4 Å². The van der Waals surface area contributed by atoms with E-state index in [4.69, 9.17) is 21.4 Å². The number of furan rings is 1.